The van der Waals surface area contributed by atoms with E-state index in [0.717, 1.165) is 37.9 Å². The predicted octanol–water partition coefficient (Wildman–Crippen LogP) is 2.96. The number of piperidine rings is 1. The van der Waals surface area contributed by atoms with Crippen LogP contribution in [-0.4, -0.2) is 23.9 Å². The third-order valence-electron chi connectivity index (χ3n) is 3.37. The Morgan fingerprint density at radius 2 is 2.00 bits per heavy atom. The zero-order valence-electron chi connectivity index (χ0n) is 9.76. The Morgan fingerprint density at radius 3 is 2.62 bits per heavy atom. The van der Waals surface area contributed by atoms with Crippen LogP contribution >= 0.6 is 0 Å². The molecule has 1 amide bonds. The molecule has 1 heterocycles. The SMILES string of the molecule is CC1=C(C(=O)N2CCCCC2)C(F)=CCC1. The van der Waals surface area contributed by atoms with E-state index in [1.807, 2.05) is 6.92 Å². The van der Waals surface area contributed by atoms with Crippen LogP contribution in [0.4, 0.5) is 4.39 Å². The third kappa shape index (κ3) is 2.18. The molecule has 3 heteroatoms. The second-order valence-electron chi connectivity index (χ2n) is 4.60. The molecule has 2 nitrogen and oxygen atoms in total. The van der Waals surface area contributed by atoms with Crippen molar-refractivity contribution in [1.82, 2.24) is 4.90 Å². The molecule has 0 N–H and O–H groups in total. The van der Waals surface area contributed by atoms with Gasteiger partial charge in [0.1, 0.15) is 5.83 Å². The number of rotatable bonds is 1. The number of carbonyl (C=O) groups excluding carboxylic acids is 1. The summed E-state index contributed by atoms with van der Waals surface area (Å²) in [6, 6.07) is 0. The highest BCUT2D eigenvalue weighted by Crippen LogP contribution is 2.28. The van der Waals surface area contributed by atoms with Crippen LogP contribution < -0.4 is 0 Å². The predicted molar refractivity (Wildman–Crippen MR) is 61.6 cm³/mol. The van der Waals surface area contributed by atoms with Crippen LogP contribution in [0.25, 0.3) is 0 Å². The first-order valence-corrected chi connectivity index (χ1v) is 6.05. The number of likely N-dealkylation sites (tertiary alicyclic amines) is 1. The van der Waals surface area contributed by atoms with E-state index in [0.29, 0.717) is 12.0 Å². The molecule has 1 aliphatic heterocycles. The second-order valence-corrected chi connectivity index (χ2v) is 4.60. The summed E-state index contributed by atoms with van der Waals surface area (Å²) < 4.78 is 13.7. The fourth-order valence-corrected chi connectivity index (χ4v) is 2.39. The minimum atomic E-state index is -0.320. The van der Waals surface area contributed by atoms with Gasteiger partial charge in [-0.3, -0.25) is 4.79 Å². The quantitative estimate of drug-likeness (QED) is 0.669. The molecule has 0 radical (unpaired) electrons. The molecule has 0 bridgehead atoms. The average Bonchev–Trinajstić information content (AvgIpc) is 2.30. The van der Waals surface area contributed by atoms with Gasteiger partial charge in [-0.25, -0.2) is 4.39 Å². The normalized spacial score (nSPS) is 22.1. The van der Waals surface area contributed by atoms with Gasteiger partial charge in [0.05, 0.1) is 5.57 Å². The molecular weight excluding hydrogens is 205 g/mol. The average molecular weight is 223 g/mol. The summed E-state index contributed by atoms with van der Waals surface area (Å²) in [5.74, 6) is -0.426. The smallest absolute Gasteiger partial charge is 0.256 e. The Bertz CT molecular complexity index is 351. The van der Waals surface area contributed by atoms with Gasteiger partial charge in [0.2, 0.25) is 0 Å². The van der Waals surface area contributed by atoms with E-state index in [-0.39, 0.29) is 11.7 Å². The number of hydrogen-bond acceptors (Lipinski definition) is 1. The number of nitrogens with zero attached hydrogens (tertiary/aromatic N) is 1. The molecule has 1 aliphatic carbocycles. The maximum absolute atomic E-state index is 13.7. The molecule has 1 fully saturated rings. The van der Waals surface area contributed by atoms with E-state index in [4.69, 9.17) is 0 Å². The summed E-state index contributed by atoms with van der Waals surface area (Å²) in [4.78, 5) is 14.0. The van der Waals surface area contributed by atoms with Gasteiger partial charge >= 0.3 is 0 Å². The molecular formula is C13H18FNO. The van der Waals surface area contributed by atoms with Crippen molar-refractivity contribution in [2.24, 2.45) is 0 Å². The van der Waals surface area contributed by atoms with Crippen molar-refractivity contribution in [2.45, 2.75) is 39.0 Å². The Kier molecular flexibility index (Phi) is 3.42. The van der Waals surface area contributed by atoms with Crippen LogP contribution in [0.5, 0.6) is 0 Å². The maximum Gasteiger partial charge on any atom is 0.256 e. The Morgan fingerprint density at radius 1 is 1.31 bits per heavy atom. The highest BCUT2D eigenvalue weighted by atomic mass is 19.1. The molecule has 16 heavy (non-hydrogen) atoms. The zero-order chi connectivity index (χ0) is 11.5. The Labute approximate surface area is 95.8 Å². The summed E-state index contributed by atoms with van der Waals surface area (Å²) in [5, 5.41) is 0. The van der Waals surface area contributed by atoms with Crippen molar-refractivity contribution < 1.29 is 9.18 Å². The van der Waals surface area contributed by atoms with Crippen LogP contribution in [0.1, 0.15) is 39.0 Å². The minimum Gasteiger partial charge on any atom is -0.339 e. The monoisotopic (exact) mass is 223 g/mol. The first-order chi connectivity index (χ1) is 7.70. The van der Waals surface area contributed by atoms with Crippen molar-refractivity contribution in [1.29, 1.82) is 0 Å². The number of hydrogen-bond donors (Lipinski definition) is 0. The summed E-state index contributed by atoms with van der Waals surface area (Å²) in [7, 11) is 0. The van der Waals surface area contributed by atoms with Crippen LogP contribution in [0, 0.1) is 0 Å². The fraction of sp³-hybridized carbons (Fsp3) is 0.615. The highest BCUT2D eigenvalue weighted by Gasteiger charge is 2.26. The van der Waals surface area contributed by atoms with Crippen LogP contribution in [0.2, 0.25) is 0 Å². The molecule has 0 aromatic heterocycles. The number of amides is 1. The van der Waals surface area contributed by atoms with E-state index < -0.39 is 0 Å². The van der Waals surface area contributed by atoms with Gasteiger partial charge in [0.15, 0.2) is 0 Å². The van der Waals surface area contributed by atoms with Crippen molar-refractivity contribution in [2.75, 3.05) is 13.1 Å². The molecule has 0 aromatic carbocycles. The van der Waals surface area contributed by atoms with Crippen molar-refractivity contribution >= 4 is 5.91 Å². The van der Waals surface area contributed by atoms with E-state index in [2.05, 4.69) is 0 Å². The first kappa shape index (κ1) is 11.4. The molecule has 0 spiro atoms. The summed E-state index contributed by atoms with van der Waals surface area (Å²) in [5.41, 5.74) is 1.23. The number of carbonyl (C=O) groups is 1. The van der Waals surface area contributed by atoms with Crippen molar-refractivity contribution in [3.8, 4) is 0 Å². The summed E-state index contributed by atoms with van der Waals surface area (Å²) in [6.45, 7) is 3.43. The van der Waals surface area contributed by atoms with Gasteiger partial charge < -0.3 is 4.90 Å². The Balaban J connectivity index is 2.16. The molecule has 88 valence electrons. The third-order valence-corrected chi connectivity index (χ3v) is 3.37. The zero-order valence-corrected chi connectivity index (χ0v) is 9.76. The van der Waals surface area contributed by atoms with Crippen LogP contribution in [0.3, 0.4) is 0 Å². The topological polar surface area (TPSA) is 20.3 Å². The molecule has 0 aromatic rings. The van der Waals surface area contributed by atoms with Crippen molar-refractivity contribution in [3.05, 3.63) is 23.0 Å². The van der Waals surface area contributed by atoms with E-state index in [1.165, 1.54) is 12.5 Å². The second kappa shape index (κ2) is 4.81. The largest absolute Gasteiger partial charge is 0.339 e. The van der Waals surface area contributed by atoms with Gasteiger partial charge in [-0.2, -0.15) is 0 Å². The van der Waals surface area contributed by atoms with Gasteiger partial charge in [-0.1, -0.05) is 5.57 Å². The molecule has 2 rings (SSSR count). The van der Waals surface area contributed by atoms with Crippen LogP contribution in [0.15, 0.2) is 23.0 Å². The fourth-order valence-electron chi connectivity index (χ4n) is 2.39. The van der Waals surface area contributed by atoms with E-state index >= 15 is 0 Å². The molecule has 1 saturated heterocycles. The molecule has 0 atom stereocenters. The van der Waals surface area contributed by atoms with Crippen molar-refractivity contribution in [3.63, 3.8) is 0 Å². The molecule has 0 unspecified atom stereocenters. The number of halogens is 1. The molecule has 0 saturated carbocycles. The van der Waals surface area contributed by atoms with Gasteiger partial charge in [0, 0.05) is 13.1 Å². The summed E-state index contributed by atoms with van der Waals surface area (Å²) in [6.07, 6.45) is 6.33. The molecule has 2 aliphatic rings. The Hall–Kier alpha value is -1.12. The number of allylic oxidation sites excluding steroid dienone is 2. The summed E-state index contributed by atoms with van der Waals surface area (Å²) >= 11 is 0. The maximum atomic E-state index is 13.7. The van der Waals surface area contributed by atoms with Crippen LogP contribution in [-0.2, 0) is 4.79 Å². The lowest BCUT2D eigenvalue weighted by Crippen LogP contribution is -2.37. The van der Waals surface area contributed by atoms with Gasteiger partial charge in [-0.15, -0.1) is 0 Å². The minimum absolute atomic E-state index is 0.106. The van der Waals surface area contributed by atoms with E-state index in [9.17, 15) is 9.18 Å². The lowest BCUT2D eigenvalue weighted by molar-refractivity contribution is -0.127. The van der Waals surface area contributed by atoms with Gasteiger partial charge in [0.25, 0.3) is 5.91 Å². The van der Waals surface area contributed by atoms with Gasteiger partial charge in [-0.05, 0) is 45.1 Å². The lowest BCUT2D eigenvalue weighted by Gasteiger charge is -2.28. The first-order valence-electron chi connectivity index (χ1n) is 6.05. The standard InChI is InChI=1S/C13H18FNO/c1-10-6-5-7-11(14)12(10)13(16)15-8-3-2-4-9-15/h7H,2-6,8-9H2,1H3. The lowest BCUT2D eigenvalue weighted by atomic mass is 9.96. The highest BCUT2D eigenvalue weighted by molar-refractivity contribution is 5.98. The van der Waals surface area contributed by atoms with E-state index in [1.54, 1.807) is 4.90 Å².